The molecule has 0 saturated carbocycles. The number of nitrogens with one attached hydrogen (secondary N) is 2. The van der Waals surface area contributed by atoms with Crippen LogP contribution in [0.2, 0.25) is 5.15 Å². The second-order valence-corrected chi connectivity index (χ2v) is 5.78. The zero-order valence-corrected chi connectivity index (χ0v) is 13.7. The van der Waals surface area contributed by atoms with E-state index in [1.807, 2.05) is 13.8 Å². The minimum absolute atomic E-state index is 0.0198. The van der Waals surface area contributed by atoms with Gasteiger partial charge in [-0.2, -0.15) is 0 Å². The zero-order valence-electron chi connectivity index (χ0n) is 13.0. The molecule has 0 aliphatic rings. The molecule has 1 aromatic carbocycles. The molecule has 2 amide bonds. The first kappa shape index (κ1) is 17.0. The van der Waals surface area contributed by atoms with Gasteiger partial charge in [-0.25, -0.2) is 4.98 Å². The maximum Gasteiger partial charge on any atom is 0.253 e. The average Bonchev–Trinajstić information content (AvgIpc) is 2.49. The highest BCUT2D eigenvalue weighted by molar-refractivity contribution is 6.29. The standard InChI is InChI=1S/C17H18ClN3O2/c1-11(2)20-17(23)13-5-3-4-6-14(13)21-16(22)9-12-7-8-15(18)19-10-12/h3-8,10-11H,9H2,1-2H3,(H,20,23)(H,21,22). The molecule has 0 radical (unpaired) electrons. The molecule has 0 aliphatic heterocycles. The number of rotatable bonds is 5. The minimum Gasteiger partial charge on any atom is -0.350 e. The summed E-state index contributed by atoms with van der Waals surface area (Å²) in [6.45, 7) is 3.76. The van der Waals surface area contributed by atoms with Crippen LogP contribution in [0.25, 0.3) is 0 Å². The topological polar surface area (TPSA) is 71.1 Å². The number of hydrogen-bond donors (Lipinski definition) is 2. The van der Waals surface area contributed by atoms with Crippen molar-refractivity contribution in [2.45, 2.75) is 26.3 Å². The van der Waals surface area contributed by atoms with Crippen molar-refractivity contribution >= 4 is 29.1 Å². The lowest BCUT2D eigenvalue weighted by Gasteiger charge is -2.13. The number of aromatic nitrogens is 1. The third-order valence-corrected chi connectivity index (χ3v) is 3.24. The van der Waals surface area contributed by atoms with E-state index in [0.29, 0.717) is 16.4 Å². The van der Waals surface area contributed by atoms with Crippen molar-refractivity contribution < 1.29 is 9.59 Å². The van der Waals surface area contributed by atoms with Gasteiger partial charge in [-0.15, -0.1) is 0 Å². The fourth-order valence-corrected chi connectivity index (χ4v) is 2.13. The molecule has 0 atom stereocenters. The molecule has 120 valence electrons. The number of benzene rings is 1. The Morgan fingerprint density at radius 3 is 2.57 bits per heavy atom. The lowest BCUT2D eigenvalue weighted by Crippen LogP contribution is -2.31. The van der Waals surface area contributed by atoms with Crippen LogP contribution in [0.4, 0.5) is 5.69 Å². The van der Waals surface area contributed by atoms with Crippen molar-refractivity contribution in [2.24, 2.45) is 0 Å². The summed E-state index contributed by atoms with van der Waals surface area (Å²) in [5.41, 5.74) is 1.66. The second kappa shape index (κ2) is 7.74. The summed E-state index contributed by atoms with van der Waals surface area (Å²) in [5.74, 6) is -0.442. The van der Waals surface area contributed by atoms with Crippen LogP contribution in [-0.2, 0) is 11.2 Å². The molecule has 0 unspecified atom stereocenters. The Hall–Kier alpha value is -2.40. The number of carbonyl (C=O) groups is 2. The van der Waals surface area contributed by atoms with Gasteiger partial charge in [-0.05, 0) is 37.6 Å². The molecule has 1 heterocycles. The van der Waals surface area contributed by atoms with Crippen molar-refractivity contribution in [3.8, 4) is 0 Å². The van der Waals surface area contributed by atoms with Crippen molar-refractivity contribution in [2.75, 3.05) is 5.32 Å². The molecular weight excluding hydrogens is 314 g/mol. The average molecular weight is 332 g/mol. The molecule has 0 aliphatic carbocycles. The van der Waals surface area contributed by atoms with Crippen LogP contribution in [0.5, 0.6) is 0 Å². The molecule has 0 spiro atoms. The van der Waals surface area contributed by atoms with E-state index in [-0.39, 0.29) is 24.3 Å². The van der Waals surface area contributed by atoms with E-state index in [1.54, 1.807) is 42.6 Å². The van der Waals surface area contributed by atoms with Crippen LogP contribution in [0.1, 0.15) is 29.8 Å². The molecule has 6 heteroatoms. The molecule has 2 rings (SSSR count). The van der Waals surface area contributed by atoms with Crippen molar-refractivity contribution in [3.05, 3.63) is 58.9 Å². The summed E-state index contributed by atoms with van der Waals surface area (Å²) >= 11 is 5.72. The number of anilines is 1. The number of para-hydroxylation sites is 1. The van der Waals surface area contributed by atoms with Crippen molar-refractivity contribution in [1.29, 1.82) is 0 Å². The number of amides is 2. The van der Waals surface area contributed by atoms with E-state index >= 15 is 0 Å². The highest BCUT2D eigenvalue weighted by Gasteiger charge is 2.14. The Balaban J connectivity index is 2.08. The van der Waals surface area contributed by atoms with Crippen LogP contribution < -0.4 is 10.6 Å². The maximum atomic E-state index is 12.2. The molecular formula is C17H18ClN3O2. The molecule has 0 bridgehead atoms. The molecule has 2 N–H and O–H groups in total. The first-order chi connectivity index (χ1) is 11.0. The van der Waals surface area contributed by atoms with E-state index in [4.69, 9.17) is 11.6 Å². The van der Waals surface area contributed by atoms with Gasteiger partial charge in [0.25, 0.3) is 5.91 Å². The summed E-state index contributed by atoms with van der Waals surface area (Å²) in [5, 5.41) is 5.96. The van der Waals surface area contributed by atoms with E-state index in [1.165, 1.54) is 0 Å². The quantitative estimate of drug-likeness (QED) is 0.827. The van der Waals surface area contributed by atoms with E-state index < -0.39 is 0 Å². The monoisotopic (exact) mass is 331 g/mol. The summed E-state index contributed by atoms with van der Waals surface area (Å²) in [4.78, 5) is 28.3. The van der Waals surface area contributed by atoms with Gasteiger partial charge in [0.2, 0.25) is 5.91 Å². The van der Waals surface area contributed by atoms with Crippen LogP contribution in [0, 0.1) is 0 Å². The normalized spacial score (nSPS) is 10.4. The van der Waals surface area contributed by atoms with Crippen LogP contribution in [0.15, 0.2) is 42.6 Å². The Kier molecular flexibility index (Phi) is 5.71. The van der Waals surface area contributed by atoms with Gasteiger partial charge in [0.15, 0.2) is 0 Å². The maximum absolute atomic E-state index is 12.2. The number of carbonyl (C=O) groups excluding carboxylic acids is 2. The van der Waals surface area contributed by atoms with Gasteiger partial charge in [-0.3, -0.25) is 9.59 Å². The summed E-state index contributed by atoms with van der Waals surface area (Å²) in [6.07, 6.45) is 1.71. The molecule has 2 aromatic rings. The fraction of sp³-hybridized carbons (Fsp3) is 0.235. The summed E-state index contributed by atoms with van der Waals surface area (Å²) in [7, 11) is 0. The van der Waals surface area contributed by atoms with E-state index in [9.17, 15) is 9.59 Å². The minimum atomic E-state index is -0.223. The van der Waals surface area contributed by atoms with Gasteiger partial charge in [0.1, 0.15) is 5.15 Å². The van der Waals surface area contributed by atoms with Crippen molar-refractivity contribution in [1.82, 2.24) is 10.3 Å². The Labute approximate surface area is 140 Å². The first-order valence-corrected chi connectivity index (χ1v) is 7.63. The number of halogens is 1. The van der Waals surface area contributed by atoms with Gasteiger partial charge in [0.05, 0.1) is 17.7 Å². The number of nitrogens with zero attached hydrogens (tertiary/aromatic N) is 1. The lowest BCUT2D eigenvalue weighted by atomic mass is 10.1. The third-order valence-electron chi connectivity index (χ3n) is 3.02. The SMILES string of the molecule is CC(C)NC(=O)c1ccccc1NC(=O)Cc1ccc(Cl)nc1. The van der Waals surface area contributed by atoms with Crippen LogP contribution in [0.3, 0.4) is 0 Å². The van der Waals surface area contributed by atoms with E-state index in [2.05, 4.69) is 15.6 Å². The lowest BCUT2D eigenvalue weighted by molar-refractivity contribution is -0.115. The fourth-order valence-electron chi connectivity index (χ4n) is 2.02. The summed E-state index contributed by atoms with van der Waals surface area (Å²) in [6, 6.07) is 10.3. The molecule has 0 saturated heterocycles. The zero-order chi connectivity index (χ0) is 16.8. The predicted molar refractivity (Wildman–Crippen MR) is 90.6 cm³/mol. The Morgan fingerprint density at radius 2 is 1.91 bits per heavy atom. The van der Waals surface area contributed by atoms with E-state index in [0.717, 1.165) is 5.56 Å². The van der Waals surface area contributed by atoms with Gasteiger partial charge >= 0.3 is 0 Å². The number of hydrogen-bond acceptors (Lipinski definition) is 3. The largest absolute Gasteiger partial charge is 0.350 e. The highest BCUT2D eigenvalue weighted by Crippen LogP contribution is 2.16. The van der Waals surface area contributed by atoms with Crippen molar-refractivity contribution in [3.63, 3.8) is 0 Å². The molecule has 1 aromatic heterocycles. The smallest absolute Gasteiger partial charge is 0.253 e. The van der Waals surface area contributed by atoms with Gasteiger partial charge < -0.3 is 10.6 Å². The third kappa shape index (κ3) is 5.07. The summed E-state index contributed by atoms with van der Waals surface area (Å²) < 4.78 is 0. The molecule has 23 heavy (non-hydrogen) atoms. The highest BCUT2D eigenvalue weighted by atomic mass is 35.5. The molecule has 0 fully saturated rings. The second-order valence-electron chi connectivity index (χ2n) is 5.39. The molecule has 5 nitrogen and oxygen atoms in total. The Morgan fingerprint density at radius 1 is 1.17 bits per heavy atom. The van der Waals surface area contributed by atoms with Gasteiger partial charge in [0, 0.05) is 12.2 Å². The Bertz CT molecular complexity index is 699. The van der Waals surface area contributed by atoms with Crippen LogP contribution >= 0.6 is 11.6 Å². The number of pyridine rings is 1. The van der Waals surface area contributed by atoms with Crippen LogP contribution in [-0.4, -0.2) is 22.8 Å². The first-order valence-electron chi connectivity index (χ1n) is 7.26. The van der Waals surface area contributed by atoms with Gasteiger partial charge in [-0.1, -0.05) is 29.8 Å². The predicted octanol–water partition coefficient (Wildman–Crippen LogP) is 3.05.